The third-order valence-corrected chi connectivity index (χ3v) is 2.10. The molecule has 0 radical (unpaired) electrons. The fourth-order valence-corrected chi connectivity index (χ4v) is 1.33. The first-order valence-electron chi connectivity index (χ1n) is 5.36. The quantitative estimate of drug-likeness (QED) is 0.445. The smallest absolute Gasteiger partial charge is 0.221 e. The van der Waals surface area contributed by atoms with E-state index in [1.165, 1.54) is 6.92 Å². The van der Waals surface area contributed by atoms with E-state index in [1.807, 2.05) is 0 Å². The van der Waals surface area contributed by atoms with Gasteiger partial charge in [-0.1, -0.05) is 6.08 Å². The molecule has 1 aromatic carbocycles. The summed E-state index contributed by atoms with van der Waals surface area (Å²) in [5.74, 6) is -0.113. The zero-order chi connectivity index (χ0) is 12.7. The Hall–Kier alpha value is -1.94. The fraction of sp³-hybridized carbons (Fsp3) is 0.231. The van der Waals surface area contributed by atoms with Crippen LogP contribution >= 0.6 is 0 Å². The highest BCUT2D eigenvalue weighted by atomic mass is 16.1. The van der Waals surface area contributed by atoms with Gasteiger partial charge in [-0.05, 0) is 24.3 Å². The van der Waals surface area contributed by atoms with Crippen LogP contribution < -0.4 is 10.6 Å². The van der Waals surface area contributed by atoms with Crippen LogP contribution in [0.15, 0.2) is 36.9 Å². The van der Waals surface area contributed by atoms with Gasteiger partial charge in [-0.15, -0.1) is 6.58 Å². The minimum atomic E-state index is -0.128. The molecule has 17 heavy (non-hydrogen) atoms. The van der Waals surface area contributed by atoms with Gasteiger partial charge in [0.2, 0.25) is 5.91 Å². The maximum Gasteiger partial charge on any atom is 0.221 e. The van der Waals surface area contributed by atoms with Crippen LogP contribution in [0.4, 0.5) is 5.69 Å². The molecule has 0 aliphatic rings. The molecule has 2 N–H and O–H groups in total. The summed E-state index contributed by atoms with van der Waals surface area (Å²) in [4.78, 5) is 22.5. The Kier molecular flexibility index (Phi) is 5.10. The van der Waals surface area contributed by atoms with Crippen molar-refractivity contribution in [1.29, 1.82) is 0 Å². The number of hydrogen-bond donors (Lipinski definition) is 2. The molecule has 1 amide bonds. The summed E-state index contributed by atoms with van der Waals surface area (Å²) < 4.78 is 0. The SMILES string of the molecule is C=CCNCC(=O)c1ccc(NC(C)=O)cc1. The van der Waals surface area contributed by atoms with Crippen LogP contribution in [0.1, 0.15) is 17.3 Å². The van der Waals surface area contributed by atoms with E-state index in [0.717, 1.165) is 0 Å². The number of hydrogen-bond acceptors (Lipinski definition) is 3. The summed E-state index contributed by atoms with van der Waals surface area (Å²) >= 11 is 0. The monoisotopic (exact) mass is 232 g/mol. The van der Waals surface area contributed by atoms with Crippen molar-refractivity contribution in [1.82, 2.24) is 5.32 Å². The molecule has 0 fully saturated rings. The van der Waals surface area contributed by atoms with Gasteiger partial charge < -0.3 is 10.6 Å². The number of amides is 1. The van der Waals surface area contributed by atoms with E-state index in [0.29, 0.717) is 17.8 Å². The van der Waals surface area contributed by atoms with Crippen LogP contribution in [0.3, 0.4) is 0 Å². The summed E-state index contributed by atoms with van der Waals surface area (Å²) in [5.41, 5.74) is 1.31. The van der Waals surface area contributed by atoms with Crippen LogP contribution in [0, 0.1) is 0 Å². The predicted molar refractivity (Wildman–Crippen MR) is 68.1 cm³/mol. The third-order valence-electron chi connectivity index (χ3n) is 2.10. The van der Waals surface area contributed by atoms with Gasteiger partial charge in [0.05, 0.1) is 6.54 Å². The van der Waals surface area contributed by atoms with E-state index in [-0.39, 0.29) is 18.2 Å². The van der Waals surface area contributed by atoms with E-state index in [2.05, 4.69) is 17.2 Å². The predicted octanol–water partition coefficient (Wildman–Crippen LogP) is 1.60. The molecule has 0 aliphatic carbocycles. The Bertz CT molecular complexity index is 410. The number of Topliss-reactive ketones (excluding diaryl/α,β-unsaturated/α-hetero) is 1. The molecule has 0 saturated carbocycles. The molecule has 0 bridgehead atoms. The number of anilines is 1. The highest BCUT2D eigenvalue weighted by Gasteiger charge is 2.04. The maximum absolute atomic E-state index is 11.7. The normalized spacial score (nSPS) is 9.71. The van der Waals surface area contributed by atoms with E-state index in [4.69, 9.17) is 0 Å². The lowest BCUT2D eigenvalue weighted by molar-refractivity contribution is -0.114. The minimum absolute atomic E-state index is 0.0150. The molecule has 0 spiro atoms. The van der Waals surface area contributed by atoms with Crippen LogP contribution in [0.25, 0.3) is 0 Å². The zero-order valence-corrected chi connectivity index (χ0v) is 9.82. The van der Waals surface area contributed by atoms with Crippen LogP contribution in [-0.4, -0.2) is 24.8 Å². The lowest BCUT2D eigenvalue weighted by atomic mass is 10.1. The zero-order valence-electron chi connectivity index (χ0n) is 9.82. The minimum Gasteiger partial charge on any atom is -0.326 e. The molecule has 1 rings (SSSR count). The Morgan fingerprint density at radius 1 is 1.29 bits per heavy atom. The molecule has 4 heteroatoms. The van der Waals surface area contributed by atoms with Crippen molar-refractivity contribution < 1.29 is 9.59 Å². The second-order valence-electron chi connectivity index (χ2n) is 3.60. The van der Waals surface area contributed by atoms with Crippen molar-refractivity contribution in [3.8, 4) is 0 Å². The fourth-order valence-electron chi connectivity index (χ4n) is 1.33. The number of benzene rings is 1. The van der Waals surface area contributed by atoms with Gasteiger partial charge >= 0.3 is 0 Å². The van der Waals surface area contributed by atoms with E-state index in [9.17, 15) is 9.59 Å². The Labute approximate surface area is 101 Å². The summed E-state index contributed by atoms with van der Waals surface area (Å²) in [6.45, 7) is 5.89. The second kappa shape index (κ2) is 6.60. The average molecular weight is 232 g/mol. The summed E-state index contributed by atoms with van der Waals surface area (Å²) in [6, 6.07) is 6.82. The topological polar surface area (TPSA) is 58.2 Å². The number of ketones is 1. The maximum atomic E-state index is 11.7. The second-order valence-corrected chi connectivity index (χ2v) is 3.60. The number of carbonyl (C=O) groups is 2. The van der Waals surface area contributed by atoms with Crippen molar-refractivity contribution >= 4 is 17.4 Å². The highest BCUT2D eigenvalue weighted by Crippen LogP contribution is 2.09. The van der Waals surface area contributed by atoms with E-state index < -0.39 is 0 Å². The van der Waals surface area contributed by atoms with E-state index >= 15 is 0 Å². The molecule has 90 valence electrons. The summed E-state index contributed by atoms with van der Waals surface area (Å²) in [7, 11) is 0. The standard InChI is InChI=1S/C13H16N2O2/c1-3-8-14-9-13(17)11-4-6-12(7-5-11)15-10(2)16/h3-7,14H,1,8-9H2,2H3,(H,15,16). The van der Waals surface area contributed by atoms with Gasteiger partial charge in [-0.25, -0.2) is 0 Å². The lowest BCUT2D eigenvalue weighted by Crippen LogP contribution is -2.22. The molecule has 0 aromatic heterocycles. The summed E-state index contributed by atoms with van der Waals surface area (Å²) in [6.07, 6.45) is 1.70. The molecule has 0 aliphatic heterocycles. The molecule has 0 heterocycles. The summed E-state index contributed by atoms with van der Waals surface area (Å²) in [5, 5.41) is 5.59. The van der Waals surface area contributed by atoms with Crippen LogP contribution in [0.5, 0.6) is 0 Å². The van der Waals surface area contributed by atoms with E-state index in [1.54, 1.807) is 30.3 Å². The average Bonchev–Trinajstić information content (AvgIpc) is 2.29. The molecule has 0 atom stereocenters. The van der Waals surface area contributed by atoms with Crippen molar-refractivity contribution in [2.45, 2.75) is 6.92 Å². The number of nitrogens with one attached hydrogen (secondary N) is 2. The van der Waals surface area contributed by atoms with Gasteiger partial charge in [0.1, 0.15) is 0 Å². The Morgan fingerprint density at radius 3 is 2.47 bits per heavy atom. The first-order valence-corrected chi connectivity index (χ1v) is 5.36. The van der Waals surface area contributed by atoms with Crippen LogP contribution in [0.2, 0.25) is 0 Å². The number of carbonyl (C=O) groups excluding carboxylic acids is 2. The molecule has 0 saturated heterocycles. The lowest BCUT2D eigenvalue weighted by Gasteiger charge is -2.04. The Morgan fingerprint density at radius 2 is 1.94 bits per heavy atom. The molecular formula is C13H16N2O2. The Balaban J connectivity index is 2.57. The first-order chi connectivity index (χ1) is 8.13. The van der Waals surface area contributed by atoms with Gasteiger partial charge in [-0.3, -0.25) is 9.59 Å². The first kappa shape index (κ1) is 13.1. The van der Waals surface area contributed by atoms with Crippen LogP contribution in [-0.2, 0) is 4.79 Å². The van der Waals surface area contributed by atoms with Crippen molar-refractivity contribution in [2.75, 3.05) is 18.4 Å². The van der Waals surface area contributed by atoms with Gasteiger partial charge in [0.25, 0.3) is 0 Å². The van der Waals surface area contributed by atoms with Crippen molar-refractivity contribution in [2.24, 2.45) is 0 Å². The van der Waals surface area contributed by atoms with Crippen molar-refractivity contribution in [3.63, 3.8) is 0 Å². The third kappa shape index (κ3) is 4.61. The van der Waals surface area contributed by atoms with Gasteiger partial charge in [0.15, 0.2) is 5.78 Å². The largest absolute Gasteiger partial charge is 0.326 e. The van der Waals surface area contributed by atoms with Gasteiger partial charge in [0, 0.05) is 24.7 Å². The number of rotatable bonds is 6. The molecule has 1 aromatic rings. The molecule has 4 nitrogen and oxygen atoms in total. The highest BCUT2D eigenvalue weighted by molar-refractivity contribution is 5.98. The van der Waals surface area contributed by atoms with Gasteiger partial charge in [-0.2, -0.15) is 0 Å². The molecular weight excluding hydrogens is 216 g/mol. The molecule has 0 unspecified atom stereocenters. The van der Waals surface area contributed by atoms with Crippen molar-refractivity contribution in [3.05, 3.63) is 42.5 Å².